The highest BCUT2D eigenvalue weighted by atomic mass is 35.5. The maximum Gasteiger partial charge on any atom is 0.269 e. The van der Waals surface area contributed by atoms with Crippen LogP contribution in [-0.2, 0) is 6.42 Å². The number of aryl methyl sites for hydroxylation is 1. The van der Waals surface area contributed by atoms with E-state index in [-0.39, 0.29) is 11.2 Å². The Kier molecular flexibility index (Phi) is 6.61. The molecule has 1 fully saturated rings. The molecular formula is C25H28Cl2N4O. The summed E-state index contributed by atoms with van der Waals surface area (Å²) in [7, 11) is 0. The molecule has 1 saturated carbocycles. The molecule has 0 bridgehead atoms. The van der Waals surface area contributed by atoms with Crippen molar-refractivity contribution in [3.8, 4) is 16.9 Å². The number of benzene rings is 2. The first-order valence-corrected chi connectivity index (χ1v) is 11.8. The second kappa shape index (κ2) is 9.26. The highest BCUT2D eigenvalue weighted by Gasteiger charge is 2.27. The monoisotopic (exact) mass is 470 g/mol. The number of nitrogens with two attached hydrogens (primary N) is 2. The van der Waals surface area contributed by atoms with Crippen molar-refractivity contribution in [2.45, 2.75) is 57.4 Å². The average molecular weight is 471 g/mol. The summed E-state index contributed by atoms with van der Waals surface area (Å²) in [4.78, 5) is 12.0. The van der Waals surface area contributed by atoms with Gasteiger partial charge in [-0.2, -0.15) is 5.10 Å². The van der Waals surface area contributed by atoms with Gasteiger partial charge in [-0.15, -0.1) is 0 Å². The normalized spacial score (nSPS) is 15.6. The molecule has 2 aromatic carbocycles. The molecule has 5 nitrogen and oxygen atoms in total. The summed E-state index contributed by atoms with van der Waals surface area (Å²) in [5.41, 5.74) is 16.7. The van der Waals surface area contributed by atoms with E-state index in [0.717, 1.165) is 36.9 Å². The third-order valence-electron chi connectivity index (χ3n) is 6.48. The summed E-state index contributed by atoms with van der Waals surface area (Å²) in [6, 6.07) is 13.5. The van der Waals surface area contributed by atoms with Gasteiger partial charge in [0, 0.05) is 21.7 Å². The van der Waals surface area contributed by atoms with Gasteiger partial charge in [-0.25, -0.2) is 4.68 Å². The van der Waals surface area contributed by atoms with Crippen molar-refractivity contribution < 1.29 is 4.79 Å². The van der Waals surface area contributed by atoms with Crippen LogP contribution in [0.25, 0.3) is 16.9 Å². The molecule has 4 rings (SSSR count). The highest BCUT2D eigenvalue weighted by Crippen LogP contribution is 2.34. The quantitative estimate of drug-likeness (QED) is 0.473. The standard InChI is InChI=1S/C25H28Cl2N4O/c1-16-22(24(28)32)30-31(21-10-9-19(26)15-20(21)27)23(16)18-7-5-17(6-8-18)11-14-25(29)12-3-2-4-13-25/h5-10,15H,2-4,11-14,29H2,1H3,(H2,28,32). The predicted molar refractivity (Wildman–Crippen MR) is 131 cm³/mol. The minimum atomic E-state index is -0.579. The molecule has 1 aliphatic carbocycles. The largest absolute Gasteiger partial charge is 0.364 e. The van der Waals surface area contributed by atoms with E-state index >= 15 is 0 Å². The molecule has 0 unspecified atom stereocenters. The molecular weight excluding hydrogens is 443 g/mol. The lowest BCUT2D eigenvalue weighted by molar-refractivity contribution is 0.0994. The van der Waals surface area contributed by atoms with Crippen LogP contribution >= 0.6 is 23.2 Å². The molecule has 168 valence electrons. The third kappa shape index (κ3) is 4.70. The Hall–Kier alpha value is -2.34. The maximum atomic E-state index is 12.0. The second-order valence-electron chi connectivity index (χ2n) is 8.81. The van der Waals surface area contributed by atoms with Crippen molar-refractivity contribution in [2.75, 3.05) is 0 Å². The van der Waals surface area contributed by atoms with Gasteiger partial charge in [0.25, 0.3) is 5.91 Å². The van der Waals surface area contributed by atoms with E-state index in [9.17, 15) is 4.79 Å². The molecule has 1 heterocycles. The zero-order valence-electron chi connectivity index (χ0n) is 18.2. The van der Waals surface area contributed by atoms with Crippen LogP contribution in [0.15, 0.2) is 42.5 Å². The number of hydrogen-bond acceptors (Lipinski definition) is 3. The van der Waals surface area contributed by atoms with Gasteiger partial charge >= 0.3 is 0 Å². The molecule has 4 N–H and O–H groups in total. The first kappa shape index (κ1) is 22.8. The lowest BCUT2D eigenvalue weighted by Gasteiger charge is -2.33. The molecule has 3 aromatic rings. The van der Waals surface area contributed by atoms with Gasteiger partial charge in [0.1, 0.15) is 0 Å². The van der Waals surface area contributed by atoms with Crippen LogP contribution in [0.1, 0.15) is 60.1 Å². The van der Waals surface area contributed by atoms with Crippen molar-refractivity contribution in [1.82, 2.24) is 9.78 Å². The number of nitrogens with zero attached hydrogens (tertiary/aromatic N) is 2. The number of halogens is 2. The fourth-order valence-corrected chi connectivity index (χ4v) is 5.11. The zero-order valence-corrected chi connectivity index (χ0v) is 19.7. The average Bonchev–Trinajstić information content (AvgIpc) is 3.10. The summed E-state index contributed by atoms with van der Waals surface area (Å²) in [6.07, 6.45) is 7.93. The van der Waals surface area contributed by atoms with Gasteiger partial charge in [0.2, 0.25) is 0 Å². The molecule has 32 heavy (non-hydrogen) atoms. The summed E-state index contributed by atoms with van der Waals surface area (Å²) in [5, 5.41) is 5.44. The van der Waals surface area contributed by atoms with E-state index in [4.69, 9.17) is 34.7 Å². The molecule has 0 atom stereocenters. The van der Waals surface area contributed by atoms with Crippen LogP contribution in [0, 0.1) is 6.92 Å². The Morgan fingerprint density at radius 2 is 1.78 bits per heavy atom. The van der Waals surface area contributed by atoms with E-state index in [0.29, 0.717) is 21.3 Å². The van der Waals surface area contributed by atoms with E-state index in [1.165, 1.54) is 24.8 Å². The smallest absolute Gasteiger partial charge is 0.269 e. The SMILES string of the molecule is Cc1c(C(N)=O)nn(-c2ccc(Cl)cc2Cl)c1-c1ccc(CCC2(N)CCCCC2)cc1. The number of rotatable bonds is 6. The van der Waals surface area contributed by atoms with Gasteiger partial charge in [-0.05, 0) is 56.4 Å². The van der Waals surface area contributed by atoms with Crippen LogP contribution in [-0.4, -0.2) is 21.2 Å². The topological polar surface area (TPSA) is 86.9 Å². The van der Waals surface area contributed by atoms with Crippen molar-refractivity contribution in [2.24, 2.45) is 11.5 Å². The fraction of sp³-hybridized carbons (Fsp3) is 0.360. The Morgan fingerprint density at radius 3 is 2.41 bits per heavy atom. The van der Waals surface area contributed by atoms with E-state index in [2.05, 4.69) is 29.4 Å². The lowest BCUT2D eigenvalue weighted by Crippen LogP contribution is -2.41. The Balaban J connectivity index is 1.66. The number of amides is 1. The number of carbonyl (C=O) groups is 1. The summed E-state index contributed by atoms with van der Waals surface area (Å²) >= 11 is 12.5. The van der Waals surface area contributed by atoms with E-state index in [1.807, 2.05) is 6.92 Å². The van der Waals surface area contributed by atoms with Gasteiger partial charge in [-0.3, -0.25) is 4.79 Å². The fourth-order valence-electron chi connectivity index (χ4n) is 4.62. The van der Waals surface area contributed by atoms with Crippen LogP contribution in [0.3, 0.4) is 0 Å². The molecule has 0 spiro atoms. The first-order valence-electron chi connectivity index (χ1n) is 11.0. The number of carbonyl (C=O) groups excluding carboxylic acids is 1. The summed E-state index contributed by atoms with van der Waals surface area (Å²) in [6.45, 7) is 1.85. The molecule has 0 saturated heterocycles. The van der Waals surface area contributed by atoms with Gasteiger partial charge in [0.05, 0.1) is 16.4 Å². The summed E-state index contributed by atoms with van der Waals surface area (Å²) < 4.78 is 1.67. The predicted octanol–water partition coefficient (Wildman–Crippen LogP) is 5.85. The van der Waals surface area contributed by atoms with Gasteiger partial charge in [0.15, 0.2) is 5.69 Å². The number of aromatic nitrogens is 2. The van der Waals surface area contributed by atoms with Gasteiger partial charge in [-0.1, -0.05) is 66.7 Å². The zero-order chi connectivity index (χ0) is 22.9. The van der Waals surface area contributed by atoms with Crippen LogP contribution in [0.2, 0.25) is 10.0 Å². The minimum absolute atomic E-state index is 0.0339. The van der Waals surface area contributed by atoms with Crippen molar-refractivity contribution in [1.29, 1.82) is 0 Å². The Morgan fingerprint density at radius 1 is 1.09 bits per heavy atom. The molecule has 7 heteroatoms. The third-order valence-corrected chi connectivity index (χ3v) is 7.02. The van der Waals surface area contributed by atoms with E-state index in [1.54, 1.807) is 22.9 Å². The van der Waals surface area contributed by atoms with Crippen LogP contribution < -0.4 is 11.5 Å². The van der Waals surface area contributed by atoms with Crippen molar-refractivity contribution >= 4 is 29.1 Å². The second-order valence-corrected chi connectivity index (χ2v) is 9.66. The molecule has 1 aliphatic rings. The summed E-state index contributed by atoms with van der Waals surface area (Å²) in [5.74, 6) is -0.579. The maximum absolute atomic E-state index is 12.0. The van der Waals surface area contributed by atoms with Crippen LogP contribution in [0.4, 0.5) is 0 Å². The first-order chi connectivity index (χ1) is 15.3. The Bertz CT molecular complexity index is 1130. The van der Waals surface area contributed by atoms with Gasteiger partial charge < -0.3 is 11.5 Å². The molecule has 1 amide bonds. The highest BCUT2D eigenvalue weighted by molar-refractivity contribution is 6.35. The van der Waals surface area contributed by atoms with E-state index < -0.39 is 5.91 Å². The van der Waals surface area contributed by atoms with Crippen molar-refractivity contribution in [3.05, 3.63) is 69.3 Å². The van der Waals surface area contributed by atoms with Crippen LogP contribution in [0.5, 0.6) is 0 Å². The Labute approximate surface area is 198 Å². The lowest BCUT2D eigenvalue weighted by atomic mass is 9.79. The minimum Gasteiger partial charge on any atom is -0.364 e. The number of primary amides is 1. The number of hydrogen-bond donors (Lipinski definition) is 2. The van der Waals surface area contributed by atoms with Crippen molar-refractivity contribution in [3.63, 3.8) is 0 Å². The molecule has 0 aliphatic heterocycles. The molecule has 0 radical (unpaired) electrons. The molecule has 1 aromatic heterocycles.